The summed E-state index contributed by atoms with van der Waals surface area (Å²) in [7, 11) is 3.10. The van der Waals surface area contributed by atoms with Crippen LogP contribution >= 0.6 is 55.8 Å². The molecule has 1 aromatic carbocycles. The van der Waals surface area contributed by atoms with Gasteiger partial charge in [-0.05, 0) is 49.6 Å². The number of carbonyl (C=O) groups is 1. The predicted molar refractivity (Wildman–Crippen MR) is 91.0 cm³/mol. The van der Waals surface area contributed by atoms with Crippen LogP contribution in [0.5, 0.6) is 11.5 Å². The monoisotopic (exact) mass is 437 g/mol. The number of phenols is 1. The molecule has 1 saturated heterocycles. The van der Waals surface area contributed by atoms with Crippen LogP contribution in [0.1, 0.15) is 5.56 Å². The fourth-order valence-electron chi connectivity index (χ4n) is 1.56. The lowest BCUT2D eigenvalue weighted by atomic mass is 10.2. The highest BCUT2D eigenvalue weighted by molar-refractivity contribution is 9.13. The van der Waals surface area contributed by atoms with E-state index in [1.807, 2.05) is 0 Å². The molecule has 0 unspecified atom stereocenters. The van der Waals surface area contributed by atoms with E-state index < -0.39 is 0 Å². The molecule has 8 heteroatoms. The third-order valence-corrected chi connectivity index (χ3v) is 6.31. The summed E-state index contributed by atoms with van der Waals surface area (Å²) >= 11 is 13.0. The Morgan fingerprint density at radius 3 is 2.60 bits per heavy atom. The van der Waals surface area contributed by atoms with Crippen LogP contribution in [0.2, 0.25) is 0 Å². The second kappa shape index (κ2) is 6.05. The number of nitrogens with zero attached hydrogens (tertiary/aromatic N) is 1. The molecule has 106 valence electrons. The summed E-state index contributed by atoms with van der Waals surface area (Å²) in [5.41, 5.74) is 0.709. The van der Waals surface area contributed by atoms with Crippen LogP contribution in [0, 0.1) is 0 Å². The summed E-state index contributed by atoms with van der Waals surface area (Å²) in [6.45, 7) is 0. The van der Waals surface area contributed by atoms with Gasteiger partial charge in [0.05, 0.1) is 16.5 Å². The van der Waals surface area contributed by atoms with Crippen molar-refractivity contribution in [1.82, 2.24) is 4.90 Å². The van der Waals surface area contributed by atoms with Gasteiger partial charge in [0.2, 0.25) is 0 Å². The van der Waals surface area contributed by atoms with Crippen LogP contribution in [0.25, 0.3) is 6.08 Å². The number of benzene rings is 1. The minimum absolute atomic E-state index is 0.000402. The topological polar surface area (TPSA) is 49.8 Å². The Morgan fingerprint density at radius 1 is 1.45 bits per heavy atom. The number of thiocarbonyl (C=S) groups is 1. The van der Waals surface area contributed by atoms with Crippen LogP contribution in [0.3, 0.4) is 0 Å². The summed E-state index contributed by atoms with van der Waals surface area (Å²) in [5.74, 6) is 0.174. The zero-order valence-electron chi connectivity index (χ0n) is 10.4. The number of halogens is 2. The predicted octanol–water partition coefficient (Wildman–Crippen LogP) is 3.76. The normalized spacial score (nSPS) is 17.2. The molecule has 0 radical (unpaired) electrons. The highest BCUT2D eigenvalue weighted by atomic mass is 79.9. The van der Waals surface area contributed by atoms with Gasteiger partial charge in [0, 0.05) is 11.5 Å². The number of hydrogen-bond donors (Lipinski definition) is 1. The fraction of sp³-hybridized carbons (Fsp3) is 0.167. The third-order valence-electron chi connectivity index (χ3n) is 2.67. The molecule has 1 aliphatic rings. The van der Waals surface area contributed by atoms with Crippen molar-refractivity contribution in [2.45, 2.75) is 0 Å². The SMILES string of the molecule is COc1cc(C=C2SC(=S)N(C)C2=O)c(Br)c(Br)c1O. The van der Waals surface area contributed by atoms with E-state index in [1.165, 1.54) is 23.8 Å². The molecule has 1 amide bonds. The van der Waals surface area contributed by atoms with Crippen molar-refractivity contribution in [3.05, 3.63) is 25.5 Å². The van der Waals surface area contributed by atoms with Gasteiger partial charge in [-0.1, -0.05) is 24.0 Å². The number of amides is 1. The average Bonchev–Trinajstić information content (AvgIpc) is 2.67. The van der Waals surface area contributed by atoms with Crippen LogP contribution in [-0.4, -0.2) is 34.4 Å². The third kappa shape index (κ3) is 2.74. The van der Waals surface area contributed by atoms with Gasteiger partial charge in [-0.2, -0.15) is 0 Å². The second-order valence-corrected chi connectivity index (χ2v) is 7.15. The highest BCUT2D eigenvalue weighted by Crippen LogP contribution is 2.43. The minimum atomic E-state index is -0.143. The summed E-state index contributed by atoms with van der Waals surface area (Å²) in [5, 5.41) is 9.88. The van der Waals surface area contributed by atoms with E-state index in [2.05, 4.69) is 31.9 Å². The van der Waals surface area contributed by atoms with Crippen LogP contribution in [0.15, 0.2) is 19.9 Å². The zero-order valence-corrected chi connectivity index (χ0v) is 15.2. The fourth-order valence-corrected chi connectivity index (χ4v) is 3.57. The van der Waals surface area contributed by atoms with Crippen molar-refractivity contribution >= 4 is 72.1 Å². The largest absolute Gasteiger partial charge is 0.503 e. The lowest BCUT2D eigenvalue weighted by Gasteiger charge is -2.10. The lowest BCUT2D eigenvalue weighted by Crippen LogP contribution is -2.22. The van der Waals surface area contributed by atoms with Crippen LogP contribution in [0.4, 0.5) is 0 Å². The maximum atomic E-state index is 12.0. The quantitative estimate of drug-likeness (QED) is 0.562. The minimum Gasteiger partial charge on any atom is -0.503 e. The van der Waals surface area contributed by atoms with Gasteiger partial charge >= 0.3 is 0 Å². The first-order chi connectivity index (χ1) is 9.36. The van der Waals surface area contributed by atoms with Crippen LogP contribution < -0.4 is 4.74 Å². The molecular formula is C12H9Br2NO3S2. The van der Waals surface area contributed by atoms with Gasteiger partial charge < -0.3 is 9.84 Å². The van der Waals surface area contributed by atoms with E-state index in [4.69, 9.17) is 17.0 Å². The van der Waals surface area contributed by atoms with Gasteiger partial charge in [-0.3, -0.25) is 9.69 Å². The number of rotatable bonds is 2. The Balaban J connectivity index is 2.52. The molecule has 0 atom stereocenters. The van der Waals surface area contributed by atoms with Gasteiger partial charge in [0.25, 0.3) is 5.91 Å². The van der Waals surface area contributed by atoms with Crippen LogP contribution in [-0.2, 0) is 4.79 Å². The Hall–Kier alpha value is -0.570. The number of aromatic hydroxyl groups is 1. The molecule has 1 heterocycles. The number of thioether (sulfide) groups is 1. The molecule has 1 aromatic rings. The molecule has 20 heavy (non-hydrogen) atoms. The molecule has 0 spiro atoms. The van der Waals surface area contributed by atoms with Crippen molar-refractivity contribution in [2.24, 2.45) is 0 Å². The van der Waals surface area contributed by atoms with E-state index in [0.29, 0.717) is 29.5 Å². The van der Waals surface area contributed by atoms with E-state index in [1.54, 1.807) is 19.2 Å². The number of methoxy groups -OCH3 is 1. The number of likely N-dealkylation sites (N-methyl/N-ethyl adjacent to an activating group) is 1. The lowest BCUT2D eigenvalue weighted by molar-refractivity contribution is -0.121. The van der Waals surface area contributed by atoms with Gasteiger partial charge in [0.15, 0.2) is 11.5 Å². The Kier molecular flexibility index (Phi) is 4.78. The maximum Gasteiger partial charge on any atom is 0.265 e. The second-order valence-electron chi connectivity index (χ2n) is 3.89. The van der Waals surface area contributed by atoms with Gasteiger partial charge in [-0.15, -0.1) is 0 Å². The van der Waals surface area contributed by atoms with E-state index >= 15 is 0 Å². The highest BCUT2D eigenvalue weighted by Gasteiger charge is 2.29. The first-order valence-electron chi connectivity index (χ1n) is 5.33. The van der Waals surface area contributed by atoms with Gasteiger partial charge in [0.1, 0.15) is 4.32 Å². The summed E-state index contributed by atoms with van der Waals surface area (Å²) in [6, 6.07) is 1.65. The first-order valence-corrected chi connectivity index (χ1v) is 8.14. The maximum absolute atomic E-state index is 12.0. The van der Waals surface area contributed by atoms with E-state index in [-0.39, 0.29) is 11.7 Å². The van der Waals surface area contributed by atoms with Crippen molar-refractivity contribution in [3.63, 3.8) is 0 Å². The molecule has 1 aliphatic heterocycles. The van der Waals surface area contributed by atoms with Crippen molar-refractivity contribution in [1.29, 1.82) is 0 Å². The Bertz CT molecular complexity index is 646. The van der Waals surface area contributed by atoms with Gasteiger partial charge in [-0.25, -0.2) is 0 Å². The summed E-state index contributed by atoms with van der Waals surface area (Å²) in [4.78, 5) is 13.9. The van der Waals surface area contributed by atoms with Crippen molar-refractivity contribution in [2.75, 3.05) is 14.2 Å². The molecule has 1 fully saturated rings. The molecule has 0 bridgehead atoms. The number of ether oxygens (including phenoxy) is 1. The number of hydrogen-bond acceptors (Lipinski definition) is 5. The van der Waals surface area contributed by atoms with Crippen molar-refractivity contribution < 1.29 is 14.6 Å². The number of phenolic OH excluding ortho intramolecular Hbond substituents is 1. The molecule has 0 aromatic heterocycles. The molecular weight excluding hydrogens is 430 g/mol. The molecule has 4 nitrogen and oxygen atoms in total. The number of carbonyl (C=O) groups excluding carboxylic acids is 1. The average molecular weight is 439 g/mol. The zero-order chi connectivity index (χ0) is 15.0. The molecule has 0 saturated carbocycles. The van der Waals surface area contributed by atoms with E-state index in [9.17, 15) is 9.90 Å². The van der Waals surface area contributed by atoms with Crippen molar-refractivity contribution in [3.8, 4) is 11.5 Å². The standard InChI is InChI=1S/C12H9Br2NO3S2/c1-15-11(17)7(20-12(15)19)4-5-3-6(18-2)10(16)9(14)8(5)13/h3-4,16H,1-2H3. The first kappa shape index (κ1) is 15.8. The summed E-state index contributed by atoms with van der Waals surface area (Å²) < 4.78 is 6.72. The Labute approximate surface area is 142 Å². The molecule has 2 rings (SSSR count). The summed E-state index contributed by atoms with van der Waals surface area (Å²) in [6.07, 6.45) is 1.71. The van der Waals surface area contributed by atoms with E-state index in [0.717, 1.165) is 0 Å². The molecule has 0 aliphatic carbocycles. The molecule has 1 N–H and O–H groups in total. The smallest absolute Gasteiger partial charge is 0.265 e. The Morgan fingerprint density at radius 2 is 2.10 bits per heavy atom.